The van der Waals surface area contributed by atoms with Crippen LogP contribution < -0.4 is 0 Å². The molecule has 0 aliphatic rings. The molecule has 0 aliphatic carbocycles. The second-order valence-corrected chi connectivity index (χ2v) is 2.85. The molecule has 0 saturated heterocycles. The van der Waals surface area contributed by atoms with Gasteiger partial charge >= 0.3 is 0 Å². The summed E-state index contributed by atoms with van der Waals surface area (Å²) < 4.78 is 0. The fourth-order valence-corrected chi connectivity index (χ4v) is 0.929. The number of hydrogen-bond acceptors (Lipinski definition) is 2. The van der Waals surface area contributed by atoms with E-state index in [9.17, 15) is 0 Å². The summed E-state index contributed by atoms with van der Waals surface area (Å²) in [5.74, 6) is 0. The van der Waals surface area contributed by atoms with Crippen molar-refractivity contribution >= 4 is 0 Å². The molecule has 0 atom stereocenters. The summed E-state index contributed by atoms with van der Waals surface area (Å²) in [6, 6.07) is 4.14. The maximum Gasteiger partial charge on any atom is 0.150 e. The lowest BCUT2D eigenvalue weighted by atomic mass is 9.84. The Morgan fingerprint density at radius 1 is 1.00 bits per heavy atom. The molecule has 0 aromatic rings. The standard InChI is InChI=1S/C11H14N2/c1-3-5-7-11(9-12,10-13)8-6-4-2/h3-6H,7-8H2,1-2H3/b5-3+,6-4+. The van der Waals surface area contributed by atoms with Gasteiger partial charge in [-0.05, 0) is 26.7 Å². The zero-order valence-corrected chi connectivity index (χ0v) is 8.12. The van der Waals surface area contributed by atoms with E-state index >= 15 is 0 Å². The van der Waals surface area contributed by atoms with Crippen LogP contribution in [0.4, 0.5) is 0 Å². The van der Waals surface area contributed by atoms with Crippen molar-refractivity contribution in [2.24, 2.45) is 5.41 Å². The van der Waals surface area contributed by atoms with E-state index in [-0.39, 0.29) is 0 Å². The lowest BCUT2D eigenvalue weighted by Crippen LogP contribution is -2.13. The molecule has 0 aromatic carbocycles. The normalized spacial score (nSPS) is 11.7. The van der Waals surface area contributed by atoms with Gasteiger partial charge in [-0.3, -0.25) is 0 Å². The van der Waals surface area contributed by atoms with Crippen molar-refractivity contribution < 1.29 is 0 Å². The van der Waals surface area contributed by atoms with Crippen molar-refractivity contribution in [3.63, 3.8) is 0 Å². The Morgan fingerprint density at radius 3 is 1.62 bits per heavy atom. The molecular weight excluding hydrogens is 160 g/mol. The minimum Gasteiger partial charge on any atom is -0.197 e. The fraction of sp³-hybridized carbons (Fsp3) is 0.455. The van der Waals surface area contributed by atoms with Crippen LogP contribution in [0.1, 0.15) is 26.7 Å². The van der Waals surface area contributed by atoms with Gasteiger partial charge in [-0.1, -0.05) is 24.3 Å². The lowest BCUT2D eigenvalue weighted by Gasteiger charge is -2.13. The molecule has 0 saturated carbocycles. The first-order chi connectivity index (χ1) is 6.24. The molecule has 0 radical (unpaired) electrons. The number of hydrogen-bond donors (Lipinski definition) is 0. The third-order valence-corrected chi connectivity index (χ3v) is 1.83. The van der Waals surface area contributed by atoms with Crippen molar-refractivity contribution in [3.05, 3.63) is 24.3 Å². The monoisotopic (exact) mass is 174 g/mol. The molecule has 0 aromatic heterocycles. The predicted octanol–water partition coefficient (Wildman–Crippen LogP) is 2.95. The molecule has 13 heavy (non-hydrogen) atoms. The highest BCUT2D eigenvalue weighted by molar-refractivity contribution is 5.18. The number of nitrogens with zero attached hydrogens (tertiary/aromatic N) is 2. The Bertz CT molecular complexity index is 243. The minimum atomic E-state index is -0.876. The zero-order valence-electron chi connectivity index (χ0n) is 8.12. The summed E-state index contributed by atoms with van der Waals surface area (Å²) in [6.45, 7) is 3.77. The average molecular weight is 174 g/mol. The Hall–Kier alpha value is -1.54. The first-order valence-corrected chi connectivity index (χ1v) is 4.29. The molecule has 0 bridgehead atoms. The van der Waals surface area contributed by atoms with Crippen molar-refractivity contribution in [2.45, 2.75) is 26.7 Å². The number of rotatable bonds is 4. The largest absolute Gasteiger partial charge is 0.197 e. The van der Waals surface area contributed by atoms with E-state index in [4.69, 9.17) is 10.5 Å². The first-order valence-electron chi connectivity index (χ1n) is 4.29. The molecule has 0 N–H and O–H groups in total. The van der Waals surface area contributed by atoms with Crippen LogP contribution in [0, 0.1) is 28.1 Å². The molecule has 2 heteroatoms. The van der Waals surface area contributed by atoms with Crippen LogP contribution >= 0.6 is 0 Å². The third-order valence-electron chi connectivity index (χ3n) is 1.83. The molecule has 0 spiro atoms. The third kappa shape index (κ3) is 3.58. The van der Waals surface area contributed by atoms with Gasteiger partial charge in [0, 0.05) is 0 Å². The van der Waals surface area contributed by atoms with Crippen LogP contribution in [0.2, 0.25) is 0 Å². The maximum absolute atomic E-state index is 8.89. The molecule has 68 valence electrons. The molecule has 2 nitrogen and oxygen atoms in total. The number of nitriles is 2. The maximum atomic E-state index is 8.89. The highest BCUT2D eigenvalue weighted by Crippen LogP contribution is 2.25. The summed E-state index contributed by atoms with van der Waals surface area (Å²) in [4.78, 5) is 0. The van der Waals surface area contributed by atoms with Gasteiger partial charge in [0.05, 0.1) is 12.1 Å². The first kappa shape index (κ1) is 11.5. The van der Waals surface area contributed by atoms with Gasteiger partial charge in [0.2, 0.25) is 0 Å². The highest BCUT2D eigenvalue weighted by atomic mass is 14.4. The van der Waals surface area contributed by atoms with Gasteiger partial charge in [-0.15, -0.1) is 0 Å². The second-order valence-electron chi connectivity index (χ2n) is 2.85. The zero-order chi connectivity index (χ0) is 10.2. The summed E-state index contributed by atoms with van der Waals surface area (Å²) in [5, 5.41) is 17.8. The van der Waals surface area contributed by atoms with Crippen LogP contribution in [0.25, 0.3) is 0 Å². The van der Waals surface area contributed by atoms with Crippen LogP contribution in [0.3, 0.4) is 0 Å². The lowest BCUT2D eigenvalue weighted by molar-refractivity contribution is 0.538. The molecule has 0 fully saturated rings. The van der Waals surface area contributed by atoms with E-state index in [1.54, 1.807) is 0 Å². The SMILES string of the molecule is C/C=C/CC(C#N)(C#N)C/C=C/C. The average Bonchev–Trinajstić information content (AvgIpc) is 2.20. The van der Waals surface area contributed by atoms with E-state index in [0.29, 0.717) is 12.8 Å². The molecule has 0 heterocycles. The summed E-state index contributed by atoms with van der Waals surface area (Å²) >= 11 is 0. The van der Waals surface area contributed by atoms with E-state index in [2.05, 4.69) is 12.1 Å². The van der Waals surface area contributed by atoms with Gasteiger partial charge in [0.25, 0.3) is 0 Å². The Labute approximate surface area is 79.8 Å². The van der Waals surface area contributed by atoms with Crippen molar-refractivity contribution in [2.75, 3.05) is 0 Å². The van der Waals surface area contributed by atoms with Crippen LogP contribution in [-0.2, 0) is 0 Å². The summed E-state index contributed by atoms with van der Waals surface area (Å²) in [7, 11) is 0. The fourth-order valence-electron chi connectivity index (χ4n) is 0.929. The summed E-state index contributed by atoms with van der Waals surface area (Å²) in [6.07, 6.45) is 8.44. The predicted molar refractivity (Wildman–Crippen MR) is 52.5 cm³/mol. The van der Waals surface area contributed by atoms with Gasteiger partial charge < -0.3 is 0 Å². The Morgan fingerprint density at radius 2 is 1.38 bits per heavy atom. The van der Waals surface area contributed by atoms with Gasteiger partial charge in [-0.25, -0.2) is 0 Å². The van der Waals surface area contributed by atoms with E-state index in [0.717, 1.165) is 0 Å². The van der Waals surface area contributed by atoms with Crippen molar-refractivity contribution in [1.82, 2.24) is 0 Å². The van der Waals surface area contributed by atoms with Crippen molar-refractivity contribution in [1.29, 1.82) is 10.5 Å². The van der Waals surface area contributed by atoms with Crippen molar-refractivity contribution in [3.8, 4) is 12.1 Å². The van der Waals surface area contributed by atoms with Crippen LogP contribution in [0.5, 0.6) is 0 Å². The molecule has 0 unspecified atom stereocenters. The van der Waals surface area contributed by atoms with Crippen LogP contribution in [-0.4, -0.2) is 0 Å². The molecule has 0 amide bonds. The quantitative estimate of drug-likeness (QED) is 0.615. The molecular formula is C11H14N2. The van der Waals surface area contributed by atoms with Gasteiger partial charge in [0.1, 0.15) is 0 Å². The molecule has 0 rings (SSSR count). The Balaban J connectivity index is 4.54. The number of allylic oxidation sites excluding steroid dienone is 4. The highest BCUT2D eigenvalue weighted by Gasteiger charge is 2.26. The van der Waals surface area contributed by atoms with Crippen LogP contribution in [0.15, 0.2) is 24.3 Å². The smallest absolute Gasteiger partial charge is 0.150 e. The second kappa shape index (κ2) is 6.03. The van der Waals surface area contributed by atoms with E-state index in [1.165, 1.54) is 0 Å². The van der Waals surface area contributed by atoms with Gasteiger partial charge in [0.15, 0.2) is 5.41 Å². The molecule has 0 aliphatic heterocycles. The minimum absolute atomic E-state index is 0.501. The van der Waals surface area contributed by atoms with Gasteiger partial charge in [-0.2, -0.15) is 10.5 Å². The summed E-state index contributed by atoms with van der Waals surface area (Å²) in [5.41, 5.74) is -0.876. The van der Waals surface area contributed by atoms with E-state index in [1.807, 2.05) is 38.2 Å². The Kier molecular flexibility index (Phi) is 5.32. The topological polar surface area (TPSA) is 47.6 Å². The van der Waals surface area contributed by atoms with E-state index < -0.39 is 5.41 Å².